The van der Waals surface area contributed by atoms with E-state index in [9.17, 15) is 22.8 Å². The van der Waals surface area contributed by atoms with Crippen LogP contribution in [0.5, 0.6) is 0 Å². The third-order valence-corrected chi connectivity index (χ3v) is 6.49. The molecule has 3 aromatic heterocycles. The predicted octanol–water partition coefficient (Wildman–Crippen LogP) is 4.02. The summed E-state index contributed by atoms with van der Waals surface area (Å²) in [6.07, 6.45) is -0.815. The summed E-state index contributed by atoms with van der Waals surface area (Å²) < 4.78 is 40.7. The quantitative estimate of drug-likeness (QED) is 0.357. The highest BCUT2D eigenvalue weighted by atomic mass is 127. The zero-order valence-corrected chi connectivity index (χ0v) is 19.5. The molecule has 0 unspecified atom stereocenters. The summed E-state index contributed by atoms with van der Waals surface area (Å²) in [6, 6.07) is 8.51. The van der Waals surface area contributed by atoms with Gasteiger partial charge < -0.3 is 14.6 Å². The molecule has 0 fully saturated rings. The number of fused-ring (bicyclic) bond motifs is 2. The number of hydrogen-bond donors (Lipinski definition) is 2. The number of alkyl halides is 3. The van der Waals surface area contributed by atoms with Gasteiger partial charge in [-0.05, 0) is 52.9 Å². The Morgan fingerprint density at radius 3 is 2.76 bits per heavy atom. The molecule has 2 amide bonds. The molecule has 2 N–H and O–H groups in total. The summed E-state index contributed by atoms with van der Waals surface area (Å²) >= 11 is 1.70. The molecule has 8 nitrogen and oxygen atoms in total. The molecule has 0 bridgehead atoms. The van der Waals surface area contributed by atoms with Crippen LogP contribution in [-0.2, 0) is 30.5 Å². The molecule has 0 atom stereocenters. The molecule has 1 aliphatic rings. The van der Waals surface area contributed by atoms with E-state index in [1.54, 1.807) is 33.7 Å². The number of H-pyrrole nitrogens is 1. The minimum absolute atomic E-state index is 0.101. The fourth-order valence-electron chi connectivity index (χ4n) is 3.85. The summed E-state index contributed by atoms with van der Waals surface area (Å²) in [6.45, 7) is 0.562. The highest BCUT2D eigenvalue weighted by Crippen LogP contribution is 2.32. The topological polar surface area (TPSA) is 95.4 Å². The van der Waals surface area contributed by atoms with E-state index in [4.69, 9.17) is 0 Å². The number of carbonyl (C=O) groups is 2. The number of benzene rings is 1. The summed E-state index contributed by atoms with van der Waals surface area (Å²) in [7, 11) is 0. The summed E-state index contributed by atoms with van der Waals surface area (Å²) in [4.78, 5) is 31.5. The van der Waals surface area contributed by atoms with Crippen LogP contribution in [0.3, 0.4) is 0 Å². The molecule has 1 aliphatic heterocycles. The van der Waals surface area contributed by atoms with Crippen LogP contribution in [0, 0.1) is 3.57 Å². The second-order valence-corrected chi connectivity index (χ2v) is 8.94. The number of nitrogens with one attached hydrogen (secondary N) is 2. The van der Waals surface area contributed by atoms with Gasteiger partial charge in [0, 0.05) is 21.5 Å². The van der Waals surface area contributed by atoms with Crippen molar-refractivity contribution in [2.75, 3.05) is 5.32 Å². The molecule has 5 rings (SSSR count). The van der Waals surface area contributed by atoms with Gasteiger partial charge in [-0.2, -0.15) is 18.3 Å². The van der Waals surface area contributed by atoms with Gasteiger partial charge in [0.25, 0.3) is 5.91 Å². The number of imidazole rings is 1. The van der Waals surface area contributed by atoms with E-state index in [0.717, 1.165) is 29.5 Å². The molecule has 0 saturated heterocycles. The van der Waals surface area contributed by atoms with Crippen molar-refractivity contribution in [2.45, 2.75) is 25.7 Å². The number of pyridine rings is 1. The van der Waals surface area contributed by atoms with Crippen molar-refractivity contribution < 1.29 is 22.8 Å². The number of aromatic nitrogens is 4. The number of amides is 2. The average molecular weight is 580 g/mol. The van der Waals surface area contributed by atoms with Crippen LogP contribution < -0.4 is 5.32 Å². The average Bonchev–Trinajstić information content (AvgIpc) is 3.49. The Morgan fingerprint density at radius 1 is 1.18 bits per heavy atom. The Labute approximate surface area is 204 Å². The van der Waals surface area contributed by atoms with Crippen molar-refractivity contribution in [1.82, 2.24) is 24.5 Å². The molecule has 12 heteroatoms. The maximum atomic E-state index is 12.9. The van der Waals surface area contributed by atoms with E-state index in [-0.39, 0.29) is 33.8 Å². The van der Waals surface area contributed by atoms with Gasteiger partial charge >= 0.3 is 6.18 Å². The third kappa shape index (κ3) is 4.13. The van der Waals surface area contributed by atoms with Gasteiger partial charge in [-0.25, -0.2) is 4.98 Å². The largest absolute Gasteiger partial charge is 0.416 e. The lowest BCUT2D eigenvalue weighted by molar-refractivity contribution is -0.137. The summed E-state index contributed by atoms with van der Waals surface area (Å²) in [5.41, 5.74) is 2.16. The first-order valence-electron chi connectivity index (χ1n) is 10.1. The van der Waals surface area contributed by atoms with Crippen molar-refractivity contribution in [3.63, 3.8) is 0 Å². The molecule has 0 spiro atoms. The van der Waals surface area contributed by atoms with Crippen molar-refractivity contribution >= 4 is 45.9 Å². The van der Waals surface area contributed by atoms with Crippen LogP contribution in [0.2, 0.25) is 0 Å². The van der Waals surface area contributed by atoms with E-state index < -0.39 is 17.6 Å². The lowest BCUT2D eigenvalue weighted by Crippen LogP contribution is -2.28. The first-order valence-corrected chi connectivity index (χ1v) is 11.2. The number of anilines is 1. The maximum Gasteiger partial charge on any atom is 0.416 e. The van der Waals surface area contributed by atoms with E-state index in [2.05, 4.69) is 20.5 Å². The Balaban J connectivity index is 1.28. The second kappa shape index (κ2) is 8.42. The van der Waals surface area contributed by atoms with Crippen LogP contribution in [0.4, 0.5) is 19.0 Å². The van der Waals surface area contributed by atoms with Crippen molar-refractivity contribution in [1.29, 1.82) is 0 Å². The van der Waals surface area contributed by atoms with Gasteiger partial charge in [-0.3, -0.25) is 14.7 Å². The highest BCUT2D eigenvalue weighted by Gasteiger charge is 2.32. The molecule has 34 heavy (non-hydrogen) atoms. The molecule has 174 valence electrons. The minimum Gasteiger partial charge on any atom is -0.332 e. The number of halogens is 4. The fraction of sp³-hybridized carbons (Fsp3) is 0.182. The standard InChI is InChI=1S/C22H16F3IN6O2/c23-22(24,25)12-4-5-14(16(26)7-12)21(34)28-20-15-10-31(11-17(15)29-30-20)19(33)8-13-9-27-18-3-1-2-6-32(13)18/h1-7,9H,8,10-11H2,(H2,28,29,30,34). The molecule has 4 aromatic rings. The van der Waals surface area contributed by atoms with E-state index in [1.165, 1.54) is 0 Å². The summed E-state index contributed by atoms with van der Waals surface area (Å²) in [5.74, 6) is -0.437. The number of nitrogens with zero attached hydrogens (tertiary/aromatic N) is 4. The fourth-order valence-corrected chi connectivity index (χ4v) is 4.61. The van der Waals surface area contributed by atoms with Crippen LogP contribution in [0.1, 0.15) is 32.9 Å². The van der Waals surface area contributed by atoms with Crippen molar-refractivity contribution in [3.8, 4) is 0 Å². The first-order chi connectivity index (χ1) is 16.2. The highest BCUT2D eigenvalue weighted by molar-refractivity contribution is 14.1. The summed E-state index contributed by atoms with van der Waals surface area (Å²) in [5, 5.41) is 9.59. The van der Waals surface area contributed by atoms with Gasteiger partial charge in [0.15, 0.2) is 5.82 Å². The number of hydrogen-bond acceptors (Lipinski definition) is 4. The lowest BCUT2D eigenvalue weighted by Gasteiger charge is -2.16. The van der Waals surface area contributed by atoms with Gasteiger partial charge in [0.2, 0.25) is 5.91 Å². The van der Waals surface area contributed by atoms with Gasteiger partial charge in [-0.1, -0.05) is 6.07 Å². The molecular weight excluding hydrogens is 564 g/mol. The Kier molecular flexibility index (Phi) is 5.54. The third-order valence-electron chi connectivity index (χ3n) is 5.60. The normalized spacial score (nSPS) is 13.4. The van der Waals surface area contributed by atoms with Gasteiger partial charge in [0.1, 0.15) is 5.65 Å². The Hall–Kier alpha value is -3.42. The van der Waals surface area contributed by atoms with Crippen LogP contribution in [0.25, 0.3) is 5.65 Å². The zero-order chi connectivity index (χ0) is 24.0. The predicted molar refractivity (Wildman–Crippen MR) is 124 cm³/mol. The maximum absolute atomic E-state index is 12.9. The molecule has 0 saturated carbocycles. The Morgan fingerprint density at radius 2 is 2.00 bits per heavy atom. The number of rotatable bonds is 4. The first kappa shape index (κ1) is 22.4. The SMILES string of the molecule is O=C(Nc1n[nH]c2c1CN(C(=O)Cc1cnc3ccccn13)C2)c1ccc(C(F)(F)F)cc1I. The molecular formula is C22H16F3IN6O2. The lowest BCUT2D eigenvalue weighted by atomic mass is 10.1. The minimum atomic E-state index is -4.49. The molecule has 1 aromatic carbocycles. The monoisotopic (exact) mass is 580 g/mol. The number of aromatic amines is 1. The van der Waals surface area contributed by atoms with E-state index in [1.807, 2.05) is 28.8 Å². The zero-order valence-electron chi connectivity index (χ0n) is 17.4. The van der Waals surface area contributed by atoms with E-state index in [0.29, 0.717) is 17.8 Å². The smallest absolute Gasteiger partial charge is 0.332 e. The van der Waals surface area contributed by atoms with Crippen molar-refractivity contribution in [2.24, 2.45) is 0 Å². The van der Waals surface area contributed by atoms with Gasteiger partial charge in [-0.15, -0.1) is 0 Å². The van der Waals surface area contributed by atoms with Crippen LogP contribution >= 0.6 is 22.6 Å². The van der Waals surface area contributed by atoms with Crippen LogP contribution in [-0.4, -0.2) is 36.3 Å². The molecule has 0 radical (unpaired) electrons. The van der Waals surface area contributed by atoms with E-state index >= 15 is 0 Å². The second-order valence-electron chi connectivity index (χ2n) is 7.78. The number of carbonyl (C=O) groups excluding carboxylic acids is 2. The van der Waals surface area contributed by atoms with Crippen molar-refractivity contribution in [3.05, 3.63) is 80.4 Å². The van der Waals surface area contributed by atoms with Crippen LogP contribution in [0.15, 0.2) is 48.8 Å². The molecule has 4 heterocycles. The Bertz CT molecular complexity index is 1430. The molecule has 0 aliphatic carbocycles. The van der Waals surface area contributed by atoms with Gasteiger partial charge in [0.05, 0.1) is 42.0 Å².